The lowest BCUT2D eigenvalue weighted by molar-refractivity contribution is -0.131. The van der Waals surface area contributed by atoms with Crippen molar-refractivity contribution < 1.29 is 28.2 Å². The molecule has 2 aromatic rings. The van der Waals surface area contributed by atoms with Gasteiger partial charge < -0.3 is 29.3 Å². The summed E-state index contributed by atoms with van der Waals surface area (Å²) in [5.41, 5.74) is 0.499. The van der Waals surface area contributed by atoms with Crippen LogP contribution in [0.25, 0.3) is 0 Å². The maximum Gasteiger partial charge on any atom is 0.231 e. The van der Waals surface area contributed by atoms with Crippen LogP contribution in [0.2, 0.25) is 0 Å². The summed E-state index contributed by atoms with van der Waals surface area (Å²) in [7, 11) is 0. The first-order chi connectivity index (χ1) is 15.1. The number of rotatable bonds is 9. The van der Waals surface area contributed by atoms with Gasteiger partial charge in [-0.25, -0.2) is 0 Å². The second kappa shape index (κ2) is 9.26. The SMILES string of the molecule is CCOc1ccc(OCC)c(NC(=O)[C@H]2[C@H](C(=O)NCc3ccco3)[C@H]3C=C[C@H]2O3)c1. The molecule has 2 N–H and O–H groups in total. The number of fused-ring (bicyclic) bond motifs is 2. The molecule has 3 heterocycles. The van der Waals surface area contributed by atoms with Gasteiger partial charge in [0, 0.05) is 6.07 Å². The van der Waals surface area contributed by atoms with Crippen molar-refractivity contribution in [1.82, 2.24) is 5.32 Å². The molecule has 31 heavy (non-hydrogen) atoms. The number of hydrogen-bond donors (Lipinski definition) is 2. The smallest absolute Gasteiger partial charge is 0.231 e. The van der Waals surface area contributed by atoms with Crippen LogP contribution in [0.5, 0.6) is 11.5 Å². The summed E-state index contributed by atoms with van der Waals surface area (Å²) >= 11 is 0. The average Bonchev–Trinajstić information content (AvgIpc) is 3.51. The predicted octanol–water partition coefficient (Wildman–Crippen LogP) is 2.90. The number of anilines is 1. The molecule has 0 radical (unpaired) electrons. The predicted molar refractivity (Wildman–Crippen MR) is 113 cm³/mol. The minimum absolute atomic E-state index is 0.249. The maximum absolute atomic E-state index is 13.3. The molecule has 0 saturated carbocycles. The summed E-state index contributed by atoms with van der Waals surface area (Å²) in [6, 6.07) is 8.81. The normalized spacial score (nSPS) is 23.5. The molecule has 2 aliphatic heterocycles. The van der Waals surface area contributed by atoms with Crippen molar-refractivity contribution in [3.8, 4) is 11.5 Å². The van der Waals surface area contributed by atoms with Crippen LogP contribution in [0.3, 0.4) is 0 Å². The van der Waals surface area contributed by atoms with Gasteiger partial charge in [0.05, 0.1) is 55.8 Å². The lowest BCUT2D eigenvalue weighted by atomic mass is 9.81. The lowest BCUT2D eigenvalue weighted by Crippen LogP contribution is -2.44. The van der Waals surface area contributed by atoms with Crippen LogP contribution in [0, 0.1) is 11.8 Å². The highest BCUT2D eigenvalue weighted by molar-refractivity contribution is 5.98. The third-order valence-electron chi connectivity index (χ3n) is 5.34. The molecule has 0 spiro atoms. The molecule has 1 saturated heterocycles. The summed E-state index contributed by atoms with van der Waals surface area (Å²) in [4.78, 5) is 26.2. The van der Waals surface area contributed by atoms with Gasteiger partial charge in [-0.15, -0.1) is 0 Å². The molecule has 2 amide bonds. The number of benzene rings is 1. The Kier molecular flexibility index (Phi) is 6.27. The van der Waals surface area contributed by atoms with Crippen molar-refractivity contribution in [2.75, 3.05) is 18.5 Å². The van der Waals surface area contributed by atoms with Crippen LogP contribution >= 0.6 is 0 Å². The topological polar surface area (TPSA) is 99.0 Å². The molecule has 8 nitrogen and oxygen atoms in total. The first-order valence-corrected chi connectivity index (χ1v) is 10.4. The summed E-state index contributed by atoms with van der Waals surface area (Å²) in [5.74, 6) is -0.0302. The van der Waals surface area contributed by atoms with E-state index in [1.807, 2.05) is 26.0 Å². The maximum atomic E-state index is 13.3. The minimum atomic E-state index is -0.656. The van der Waals surface area contributed by atoms with Crippen molar-refractivity contribution in [1.29, 1.82) is 0 Å². The number of furan rings is 1. The zero-order valence-corrected chi connectivity index (χ0v) is 17.5. The van der Waals surface area contributed by atoms with Gasteiger partial charge in [-0.05, 0) is 38.1 Å². The highest BCUT2D eigenvalue weighted by Gasteiger charge is 2.53. The van der Waals surface area contributed by atoms with Crippen molar-refractivity contribution in [3.05, 3.63) is 54.5 Å². The summed E-state index contributed by atoms with van der Waals surface area (Å²) in [6.45, 7) is 4.97. The number of nitrogens with one attached hydrogen (secondary N) is 2. The van der Waals surface area contributed by atoms with Crippen LogP contribution in [0.1, 0.15) is 19.6 Å². The standard InChI is InChI=1S/C23H26N2O6/c1-3-28-14-7-8-17(29-4-2)16(12-14)25-23(27)21-19-10-9-18(31-19)20(21)22(26)24-13-15-6-5-11-30-15/h5-12,18-21H,3-4,13H2,1-2H3,(H,24,26)(H,25,27)/t18-,19-,20-,21-/m1/s1. The van der Waals surface area contributed by atoms with Crippen LogP contribution in [-0.4, -0.2) is 37.2 Å². The van der Waals surface area contributed by atoms with E-state index in [1.165, 1.54) is 0 Å². The van der Waals surface area contributed by atoms with E-state index in [9.17, 15) is 9.59 Å². The summed E-state index contributed by atoms with van der Waals surface area (Å²) in [5, 5.41) is 5.77. The summed E-state index contributed by atoms with van der Waals surface area (Å²) in [6.07, 6.45) is 4.35. The Bertz CT molecular complexity index is 955. The van der Waals surface area contributed by atoms with E-state index < -0.39 is 24.0 Å². The molecular weight excluding hydrogens is 400 g/mol. The van der Waals surface area contributed by atoms with Crippen LogP contribution in [0.4, 0.5) is 5.69 Å². The van der Waals surface area contributed by atoms with E-state index >= 15 is 0 Å². The molecule has 4 rings (SSSR count). The number of carbonyl (C=O) groups excluding carboxylic acids is 2. The number of amides is 2. The Morgan fingerprint density at radius 2 is 1.74 bits per heavy atom. The van der Waals surface area contributed by atoms with Gasteiger partial charge >= 0.3 is 0 Å². The second-order valence-corrected chi connectivity index (χ2v) is 7.31. The van der Waals surface area contributed by atoms with E-state index in [0.29, 0.717) is 36.2 Å². The monoisotopic (exact) mass is 426 g/mol. The van der Waals surface area contributed by atoms with Crippen LogP contribution in [0.15, 0.2) is 53.2 Å². The van der Waals surface area contributed by atoms with E-state index in [4.69, 9.17) is 18.6 Å². The molecule has 0 unspecified atom stereocenters. The first kappa shape index (κ1) is 21.0. The zero-order chi connectivity index (χ0) is 21.8. The largest absolute Gasteiger partial charge is 0.494 e. The minimum Gasteiger partial charge on any atom is -0.494 e. The Morgan fingerprint density at radius 1 is 1.00 bits per heavy atom. The van der Waals surface area contributed by atoms with Crippen molar-refractivity contribution in [3.63, 3.8) is 0 Å². The third kappa shape index (κ3) is 4.44. The molecule has 4 atom stereocenters. The van der Waals surface area contributed by atoms with Crippen molar-refractivity contribution in [2.45, 2.75) is 32.6 Å². The number of ether oxygens (including phenoxy) is 3. The van der Waals surface area contributed by atoms with Gasteiger partial charge in [0.15, 0.2) is 0 Å². The molecule has 1 aromatic carbocycles. The molecule has 8 heteroatoms. The Labute approximate surface area is 180 Å². The Balaban J connectivity index is 1.50. The molecule has 164 valence electrons. The molecule has 0 aliphatic carbocycles. The average molecular weight is 426 g/mol. The van der Waals surface area contributed by atoms with Crippen molar-refractivity contribution in [2.24, 2.45) is 11.8 Å². The van der Waals surface area contributed by atoms with Gasteiger partial charge in [0.25, 0.3) is 0 Å². The molecule has 2 aliphatic rings. The second-order valence-electron chi connectivity index (χ2n) is 7.31. The number of hydrogen-bond acceptors (Lipinski definition) is 6. The highest BCUT2D eigenvalue weighted by atomic mass is 16.5. The zero-order valence-electron chi connectivity index (χ0n) is 17.5. The van der Waals surface area contributed by atoms with E-state index in [2.05, 4.69) is 10.6 Å². The Morgan fingerprint density at radius 3 is 2.42 bits per heavy atom. The molecular formula is C23H26N2O6. The van der Waals surface area contributed by atoms with Gasteiger partial charge in [-0.3, -0.25) is 9.59 Å². The first-order valence-electron chi connectivity index (χ1n) is 10.4. The highest BCUT2D eigenvalue weighted by Crippen LogP contribution is 2.40. The fraction of sp³-hybridized carbons (Fsp3) is 0.391. The van der Waals surface area contributed by atoms with E-state index in [-0.39, 0.29) is 18.4 Å². The van der Waals surface area contributed by atoms with E-state index in [0.717, 1.165) is 0 Å². The van der Waals surface area contributed by atoms with Crippen LogP contribution in [-0.2, 0) is 20.9 Å². The fourth-order valence-electron chi connectivity index (χ4n) is 4.00. The van der Waals surface area contributed by atoms with E-state index in [1.54, 1.807) is 36.6 Å². The van der Waals surface area contributed by atoms with Crippen LogP contribution < -0.4 is 20.1 Å². The summed E-state index contributed by atoms with van der Waals surface area (Å²) < 4.78 is 22.3. The van der Waals surface area contributed by atoms with Gasteiger partial charge in [-0.2, -0.15) is 0 Å². The third-order valence-corrected chi connectivity index (χ3v) is 5.34. The number of carbonyl (C=O) groups is 2. The van der Waals surface area contributed by atoms with Gasteiger partial charge in [0.1, 0.15) is 17.3 Å². The lowest BCUT2D eigenvalue weighted by Gasteiger charge is -2.24. The molecule has 2 bridgehead atoms. The fourth-order valence-corrected chi connectivity index (χ4v) is 4.00. The van der Waals surface area contributed by atoms with Gasteiger partial charge in [0.2, 0.25) is 11.8 Å². The van der Waals surface area contributed by atoms with Gasteiger partial charge in [-0.1, -0.05) is 12.2 Å². The Hall–Kier alpha value is -3.26. The molecule has 1 fully saturated rings. The van der Waals surface area contributed by atoms with Crippen molar-refractivity contribution >= 4 is 17.5 Å². The molecule has 1 aromatic heterocycles. The quantitative estimate of drug-likeness (QED) is 0.598.